The molecule has 0 bridgehead atoms. The summed E-state index contributed by atoms with van der Waals surface area (Å²) in [5.41, 5.74) is 1.42. The molecule has 0 radical (unpaired) electrons. The average molecular weight is 361 g/mol. The topological polar surface area (TPSA) is 74.3 Å². The number of nitrogens with one attached hydrogen (secondary N) is 2. The Bertz CT molecular complexity index is 730. The quantitative estimate of drug-likeness (QED) is 0.830. The van der Waals surface area contributed by atoms with Crippen LogP contribution >= 0.6 is 11.6 Å². The number of amides is 2. The number of anilines is 2. The second-order valence-electron chi connectivity index (χ2n) is 5.86. The number of rotatable bonds is 6. The van der Waals surface area contributed by atoms with E-state index in [4.69, 9.17) is 11.6 Å². The Labute approximate surface area is 152 Å². The van der Waals surface area contributed by atoms with E-state index in [2.05, 4.69) is 15.6 Å². The zero-order valence-electron chi connectivity index (χ0n) is 14.4. The Balaban J connectivity index is 2.05. The monoisotopic (exact) mass is 360 g/mol. The van der Waals surface area contributed by atoms with Crippen LogP contribution in [0.1, 0.15) is 24.9 Å². The van der Waals surface area contributed by atoms with Crippen molar-refractivity contribution in [3.8, 4) is 0 Å². The van der Waals surface area contributed by atoms with Gasteiger partial charge in [0.1, 0.15) is 5.82 Å². The number of aromatic nitrogens is 1. The first-order valence-electron chi connectivity index (χ1n) is 7.81. The Morgan fingerprint density at radius 2 is 1.84 bits per heavy atom. The van der Waals surface area contributed by atoms with E-state index in [-0.39, 0.29) is 18.2 Å². The van der Waals surface area contributed by atoms with Crippen molar-refractivity contribution in [2.45, 2.75) is 19.4 Å². The molecule has 2 rings (SSSR count). The van der Waals surface area contributed by atoms with Gasteiger partial charge < -0.3 is 15.5 Å². The van der Waals surface area contributed by atoms with Crippen molar-refractivity contribution in [1.29, 1.82) is 0 Å². The highest BCUT2D eigenvalue weighted by Gasteiger charge is 2.17. The van der Waals surface area contributed by atoms with Crippen LogP contribution in [0.3, 0.4) is 0 Å². The van der Waals surface area contributed by atoms with Gasteiger partial charge >= 0.3 is 0 Å². The van der Waals surface area contributed by atoms with Crippen molar-refractivity contribution in [3.05, 3.63) is 53.2 Å². The van der Waals surface area contributed by atoms with E-state index in [1.807, 2.05) is 25.1 Å². The van der Waals surface area contributed by atoms with Crippen LogP contribution in [-0.2, 0) is 9.59 Å². The van der Waals surface area contributed by atoms with Gasteiger partial charge in [-0.3, -0.25) is 9.59 Å². The summed E-state index contributed by atoms with van der Waals surface area (Å²) in [6.45, 7) is 1.42. The molecular weight excluding hydrogens is 340 g/mol. The fraction of sp³-hybridized carbons (Fsp3) is 0.278. The largest absolute Gasteiger partial charge is 0.363 e. The van der Waals surface area contributed by atoms with Crippen LogP contribution in [0, 0.1) is 0 Å². The summed E-state index contributed by atoms with van der Waals surface area (Å²) in [4.78, 5) is 29.9. The molecule has 7 heteroatoms. The fourth-order valence-corrected chi connectivity index (χ4v) is 2.44. The molecule has 2 N–H and O–H groups in total. The Morgan fingerprint density at radius 1 is 1.16 bits per heavy atom. The second-order valence-corrected chi connectivity index (χ2v) is 6.29. The van der Waals surface area contributed by atoms with E-state index in [1.54, 1.807) is 36.5 Å². The molecule has 132 valence electrons. The molecule has 0 saturated heterocycles. The molecule has 1 atom stereocenters. The minimum Gasteiger partial charge on any atom is -0.363 e. The summed E-state index contributed by atoms with van der Waals surface area (Å²) in [5, 5.41) is 6.19. The highest BCUT2D eigenvalue weighted by molar-refractivity contribution is 6.30. The fourth-order valence-electron chi connectivity index (χ4n) is 2.31. The lowest BCUT2D eigenvalue weighted by atomic mass is 10.0. The summed E-state index contributed by atoms with van der Waals surface area (Å²) in [7, 11) is 3.79. The molecule has 0 spiro atoms. The highest BCUT2D eigenvalue weighted by Crippen LogP contribution is 2.20. The van der Waals surface area contributed by atoms with Crippen molar-refractivity contribution in [2.75, 3.05) is 24.3 Å². The van der Waals surface area contributed by atoms with Crippen LogP contribution in [-0.4, -0.2) is 30.9 Å². The Kier molecular flexibility index (Phi) is 6.36. The van der Waals surface area contributed by atoms with Crippen LogP contribution in [0.15, 0.2) is 42.6 Å². The number of carbonyl (C=O) groups excluding carboxylic acids is 2. The van der Waals surface area contributed by atoms with Crippen LogP contribution < -0.4 is 15.5 Å². The first-order chi connectivity index (χ1) is 11.8. The summed E-state index contributed by atoms with van der Waals surface area (Å²) in [6.07, 6.45) is 1.71. The molecule has 6 nitrogen and oxygen atoms in total. The van der Waals surface area contributed by atoms with Crippen molar-refractivity contribution < 1.29 is 9.59 Å². The third-order valence-electron chi connectivity index (χ3n) is 3.53. The molecule has 0 aliphatic carbocycles. The number of hydrogen-bond acceptors (Lipinski definition) is 4. The average Bonchev–Trinajstić information content (AvgIpc) is 2.55. The van der Waals surface area contributed by atoms with Gasteiger partial charge in [-0.05, 0) is 29.8 Å². The molecule has 0 unspecified atom stereocenters. The van der Waals surface area contributed by atoms with Gasteiger partial charge in [0.2, 0.25) is 11.8 Å². The third-order valence-corrected chi connectivity index (χ3v) is 3.78. The molecule has 0 aliphatic rings. The lowest BCUT2D eigenvalue weighted by Gasteiger charge is -2.18. The molecule has 0 aliphatic heterocycles. The van der Waals surface area contributed by atoms with Crippen molar-refractivity contribution >= 4 is 34.9 Å². The summed E-state index contributed by atoms with van der Waals surface area (Å²) < 4.78 is 0. The normalized spacial score (nSPS) is 11.5. The first kappa shape index (κ1) is 18.7. The summed E-state index contributed by atoms with van der Waals surface area (Å²) in [6, 6.07) is 10.2. The number of hydrogen-bond donors (Lipinski definition) is 2. The van der Waals surface area contributed by atoms with Gasteiger partial charge in [-0.1, -0.05) is 23.7 Å². The van der Waals surface area contributed by atoms with E-state index in [0.717, 1.165) is 11.4 Å². The van der Waals surface area contributed by atoms with Crippen molar-refractivity contribution in [3.63, 3.8) is 0 Å². The number of pyridine rings is 1. The van der Waals surface area contributed by atoms with Crippen LogP contribution in [0.25, 0.3) is 0 Å². The molecule has 0 fully saturated rings. The molecule has 1 heterocycles. The lowest BCUT2D eigenvalue weighted by Crippen LogP contribution is -2.29. The molecule has 1 aromatic carbocycles. The number of carbonyl (C=O) groups is 2. The zero-order valence-corrected chi connectivity index (χ0v) is 15.2. The number of nitrogens with zero attached hydrogens (tertiary/aromatic N) is 2. The third kappa shape index (κ3) is 5.76. The molecule has 25 heavy (non-hydrogen) atoms. The van der Waals surface area contributed by atoms with Crippen LogP contribution in [0.5, 0.6) is 0 Å². The lowest BCUT2D eigenvalue weighted by molar-refractivity contribution is -0.120. The van der Waals surface area contributed by atoms with Gasteiger partial charge in [-0.15, -0.1) is 0 Å². The molecular formula is C18H21ClN4O2. The standard InChI is InChI=1S/C18H21ClN4O2/c1-12(24)21-16(13-4-6-14(19)7-5-13)10-18(25)22-15-8-9-17(20-11-15)23(2)3/h4-9,11,16H,10H2,1-3H3,(H,21,24)(H,22,25)/t16-/m0/s1. The van der Waals surface area contributed by atoms with E-state index in [1.165, 1.54) is 6.92 Å². The van der Waals surface area contributed by atoms with Gasteiger partial charge in [-0.2, -0.15) is 0 Å². The Hall–Kier alpha value is -2.60. The highest BCUT2D eigenvalue weighted by atomic mass is 35.5. The maximum absolute atomic E-state index is 12.3. The SMILES string of the molecule is CC(=O)N[C@@H](CC(=O)Nc1ccc(N(C)C)nc1)c1ccc(Cl)cc1. The van der Waals surface area contributed by atoms with Crippen LogP contribution in [0.2, 0.25) is 5.02 Å². The van der Waals surface area contributed by atoms with Gasteiger partial charge in [0.05, 0.1) is 24.3 Å². The smallest absolute Gasteiger partial charge is 0.226 e. The maximum atomic E-state index is 12.3. The zero-order chi connectivity index (χ0) is 18.4. The number of benzene rings is 1. The van der Waals surface area contributed by atoms with Crippen molar-refractivity contribution in [2.24, 2.45) is 0 Å². The molecule has 2 amide bonds. The van der Waals surface area contributed by atoms with E-state index < -0.39 is 6.04 Å². The maximum Gasteiger partial charge on any atom is 0.226 e. The predicted octanol–water partition coefficient (Wildman–Crippen LogP) is 3.01. The van der Waals surface area contributed by atoms with Gasteiger partial charge in [-0.25, -0.2) is 4.98 Å². The molecule has 2 aromatic rings. The van der Waals surface area contributed by atoms with E-state index >= 15 is 0 Å². The number of halogens is 1. The van der Waals surface area contributed by atoms with Crippen molar-refractivity contribution in [1.82, 2.24) is 10.3 Å². The van der Waals surface area contributed by atoms with Gasteiger partial charge in [0.15, 0.2) is 0 Å². The minimum absolute atomic E-state index is 0.108. The second kappa shape index (κ2) is 8.48. The van der Waals surface area contributed by atoms with E-state index in [9.17, 15) is 9.59 Å². The summed E-state index contributed by atoms with van der Waals surface area (Å²) >= 11 is 5.89. The van der Waals surface area contributed by atoms with Gasteiger partial charge in [0.25, 0.3) is 0 Å². The Morgan fingerprint density at radius 3 is 2.36 bits per heavy atom. The molecule has 0 saturated carbocycles. The van der Waals surface area contributed by atoms with Crippen LogP contribution in [0.4, 0.5) is 11.5 Å². The van der Waals surface area contributed by atoms with Gasteiger partial charge in [0, 0.05) is 26.0 Å². The summed E-state index contributed by atoms with van der Waals surface area (Å²) in [5.74, 6) is 0.383. The minimum atomic E-state index is -0.427. The predicted molar refractivity (Wildman–Crippen MR) is 99.8 cm³/mol. The first-order valence-corrected chi connectivity index (χ1v) is 8.18. The van der Waals surface area contributed by atoms with E-state index in [0.29, 0.717) is 10.7 Å². The molecule has 1 aromatic heterocycles.